The topological polar surface area (TPSA) is 18.5 Å². The number of hydrogen-bond acceptors (Lipinski definition) is 2. The molecule has 0 atom stereocenters. The minimum atomic E-state index is 0.883. The summed E-state index contributed by atoms with van der Waals surface area (Å²) in [4.78, 5) is 0. The van der Waals surface area contributed by atoms with Crippen molar-refractivity contribution in [2.45, 2.75) is 12.8 Å². The lowest BCUT2D eigenvalue weighted by Crippen LogP contribution is -1.98. The van der Waals surface area contributed by atoms with E-state index in [1.165, 1.54) is 43.8 Å². The SMILES string of the molecule is COc1ccc(Cc2c3ccccc3c(Cc3ccc(OC)cc3)c3ccccc23)cc1. The Morgan fingerprint density at radius 3 is 1.03 bits per heavy atom. The van der Waals surface area contributed by atoms with Gasteiger partial charge in [-0.1, -0.05) is 72.8 Å². The van der Waals surface area contributed by atoms with E-state index in [0.717, 1.165) is 24.3 Å². The van der Waals surface area contributed by atoms with Crippen molar-refractivity contribution in [1.82, 2.24) is 0 Å². The first-order valence-electron chi connectivity index (χ1n) is 10.9. The van der Waals surface area contributed by atoms with E-state index < -0.39 is 0 Å². The predicted octanol–water partition coefficient (Wildman–Crippen LogP) is 7.19. The van der Waals surface area contributed by atoms with E-state index in [0.29, 0.717) is 0 Å². The Labute approximate surface area is 189 Å². The molecule has 0 saturated carbocycles. The second kappa shape index (κ2) is 8.76. The van der Waals surface area contributed by atoms with Gasteiger partial charge in [-0.3, -0.25) is 0 Å². The Morgan fingerprint density at radius 2 is 0.750 bits per heavy atom. The highest BCUT2D eigenvalue weighted by molar-refractivity contribution is 6.06. The van der Waals surface area contributed by atoms with Gasteiger partial charge in [0.15, 0.2) is 0 Å². The molecule has 2 nitrogen and oxygen atoms in total. The Bertz CT molecular complexity index is 1200. The largest absolute Gasteiger partial charge is 0.497 e. The minimum Gasteiger partial charge on any atom is -0.497 e. The van der Waals surface area contributed by atoms with E-state index in [4.69, 9.17) is 9.47 Å². The molecule has 0 aliphatic rings. The summed E-state index contributed by atoms with van der Waals surface area (Å²) in [5.74, 6) is 1.77. The molecule has 0 heterocycles. The fourth-order valence-corrected chi connectivity index (χ4v) is 4.58. The summed E-state index contributed by atoms with van der Waals surface area (Å²) < 4.78 is 10.7. The molecule has 158 valence electrons. The number of ether oxygens (including phenoxy) is 2. The van der Waals surface area contributed by atoms with E-state index in [1.54, 1.807) is 14.2 Å². The van der Waals surface area contributed by atoms with Gasteiger partial charge in [0.2, 0.25) is 0 Å². The molecule has 0 saturated heterocycles. The van der Waals surface area contributed by atoms with Crippen LogP contribution in [-0.2, 0) is 12.8 Å². The first-order chi connectivity index (χ1) is 15.8. The lowest BCUT2D eigenvalue weighted by atomic mass is 9.86. The van der Waals surface area contributed by atoms with Crippen LogP contribution in [0.4, 0.5) is 0 Å². The molecule has 0 bridgehead atoms. The number of benzene rings is 5. The van der Waals surface area contributed by atoms with Crippen molar-refractivity contribution in [2.24, 2.45) is 0 Å². The van der Waals surface area contributed by atoms with Crippen LogP contribution < -0.4 is 9.47 Å². The number of hydrogen-bond donors (Lipinski definition) is 0. The zero-order valence-corrected chi connectivity index (χ0v) is 18.5. The van der Waals surface area contributed by atoms with Crippen LogP contribution >= 0.6 is 0 Å². The molecule has 0 aliphatic heterocycles. The summed E-state index contributed by atoms with van der Waals surface area (Å²) in [7, 11) is 3.41. The average Bonchev–Trinajstić information content (AvgIpc) is 2.86. The van der Waals surface area contributed by atoms with Gasteiger partial charge < -0.3 is 9.47 Å². The summed E-state index contributed by atoms with van der Waals surface area (Å²) in [5, 5.41) is 5.30. The van der Waals surface area contributed by atoms with Gasteiger partial charge >= 0.3 is 0 Å². The van der Waals surface area contributed by atoms with Crippen molar-refractivity contribution in [3.05, 3.63) is 119 Å². The van der Waals surface area contributed by atoms with Crippen molar-refractivity contribution in [3.8, 4) is 11.5 Å². The summed E-state index contributed by atoms with van der Waals surface area (Å²) in [6, 6.07) is 34.4. The van der Waals surface area contributed by atoms with Crippen molar-refractivity contribution in [3.63, 3.8) is 0 Å². The van der Waals surface area contributed by atoms with E-state index in [1.807, 2.05) is 24.3 Å². The molecule has 0 fully saturated rings. The van der Waals surface area contributed by atoms with Crippen LogP contribution in [0.3, 0.4) is 0 Å². The maximum atomic E-state index is 5.34. The van der Waals surface area contributed by atoms with Crippen LogP contribution in [0.15, 0.2) is 97.1 Å². The van der Waals surface area contributed by atoms with Gasteiger partial charge in [-0.15, -0.1) is 0 Å². The molecule has 0 aliphatic carbocycles. The molecule has 32 heavy (non-hydrogen) atoms. The average molecular weight is 419 g/mol. The zero-order chi connectivity index (χ0) is 21.9. The molecule has 0 spiro atoms. The van der Waals surface area contributed by atoms with Crippen molar-refractivity contribution in [1.29, 1.82) is 0 Å². The molecule has 0 radical (unpaired) electrons. The van der Waals surface area contributed by atoms with E-state index in [9.17, 15) is 0 Å². The standard InChI is InChI=1S/C30H26O2/c1-31-23-15-11-21(12-16-23)19-29-25-7-3-5-9-27(25)30(28-10-6-4-8-26(28)29)20-22-13-17-24(32-2)18-14-22/h3-18H,19-20H2,1-2H3. The lowest BCUT2D eigenvalue weighted by molar-refractivity contribution is 0.414. The van der Waals surface area contributed by atoms with Gasteiger partial charge in [0.05, 0.1) is 14.2 Å². The first-order valence-corrected chi connectivity index (χ1v) is 10.9. The normalized spacial score (nSPS) is 11.1. The maximum Gasteiger partial charge on any atom is 0.118 e. The highest BCUT2D eigenvalue weighted by Gasteiger charge is 2.14. The molecule has 5 rings (SSSR count). The van der Waals surface area contributed by atoms with Crippen molar-refractivity contribution in [2.75, 3.05) is 14.2 Å². The van der Waals surface area contributed by atoms with Gasteiger partial charge in [0.25, 0.3) is 0 Å². The number of fused-ring (bicyclic) bond motifs is 2. The molecule has 5 aromatic carbocycles. The lowest BCUT2D eigenvalue weighted by Gasteiger charge is -2.17. The fraction of sp³-hybridized carbons (Fsp3) is 0.133. The van der Waals surface area contributed by atoms with E-state index in [2.05, 4.69) is 72.8 Å². The maximum absolute atomic E-state index is 5.34. The quantitative estimate of drug-likeness (QED) is 0.272. The molecular formula is C30H26O2. The van der Waals surface area contributed by atoms with Gasteiger partial charge in [0.1, 0.15) is 11.5 Å². The molecule has 0 aromatic heterocycles. The Morgan fingerprint density at radius 1 is 0.438 bits per heavy atom. The fourth-order valence-electron chi connectivity index (χ4n) is 4.58. The Kier molecular flexibility index (Phi) is 5.51. The zero-order valence-electron chi connectivity index (χ0n) is 18.5. The Balaban J connectivity index is 1.67. The summed E-state index contributed by atoms with van der Waals surface area (Å²) >= 11 is 0. The van der Waals surface area contributed by atoms with Gasteiger partial charge in [0, 0.05) is 0 Å². The number of methoxy groups -OCH3 is 2. The summed E-state index contributed by atoms with van der Waals surface area (Å²) in [6.07, 6.45) is 1.77. The van der Waals surface area contributed by atoms with E-state index >= 15 is 0 Å². The van der Waals surface area contributed by atoms with Crippen LogP contribution in [0.25, 0.3) is 21.5 Å². The highest BCUT2D eigenvalue weighted by Crippen LogP contribution is 2.36. The third-order valence-electron chi connectivity index (χ3n) is 6.23. The molecule has 0 unspecified atom stereocenters. The van der Waals surface area contributed by atoms with Crippen molar-refractivity contribution >= 4 is 21.5 Å². The van der Waals surface area contributed by atoms with Crippen LogP contribution in [-0.4, -0.2) is 14.2 Å². The van der Waals surface area contributed by atoms with Gasteiger partial charge in [-0.2, -0.15) is 0 Å². The predicted molar refractivity (Wildman–Crippen MR) is 133 cm³/mol. The third kappa shape index (κ3) is 3.80. The highest BCUT2D eigenvalue weighted by atomic mass is 16.5. The van der Waals surface area contributed by atoms with Crippen LogP contribution in [0.5, 0.6) is 11.5 Å². The van der Waals surface area contributed by atoms with Gasteiger partial charge in [-0.25, -0.2) is 0 Å². The molecular weight excluding hydrogens is 392 g/mol. The minimum absolute atomic E-state index is 0.883. The Hall–Kier alpha value is -3.78. The molecule has 5 aromatic rings. The van der Waals surface area contributed by atoms with Crippen LogP contribution in [0.1, 0.15) is 22.3 Å². The monoisotopic (exact) mass is 418 g/mol. The van der Waals surface area contributed by atoms with E-state index in [-0.39, 0.29) is 0 Å². The van der Waals surface area contributed by atoms with Crippen LogP contribution in [0.2, 0.25) is 0 Å². The van der Waals surface area contributed by atoms with Crippen molar-refractivity contribution < 1.29 is 9.47 Å². The summed E-state index contributed by atoms with van der Waals surface area (Å²) in [5.41, 5.74) is 5.31. The second-order valence-corrected chi connectivity index (χ2v) is 8.10. The third-order valence-corrected chi connectivity index (χ3v) is 6.23. The first kappa shape index (κ1) is 20.1. The molecule has 0 amide bonds. The summed E-state index contributed by atoms with van der Waals surface area (Å²) in [6.45, 7) is 0. The smallest absolute Gasteiger partial charge is 0.118 e. The second-order valence-electron chi connectivity index (χ2n) is 8.10. The molecule has 0 N–H and O–H groups in total. The van der Waals surface area contributed by atoms with Crippen LogP contribution in [0, 0.1) is 0 Å². The number of rotatable bonds is 6. The molecule has 2 heteroatoms. The van der Waals surface area contributed by atoms with Gasteiger partial charge in [-0.05, 0) is 80.9 Å².